The SMILES string of the molecule is CC1(C)NC(=O)N(CCCC(=O)NC2CCSc3ccccc32)C1=O. The van der Waals surface area contributed by atoms with Gasteiger partial charge in [0.05, 0.1) is 6.04 Å². The maximum absolute atomic E-state index is 12.3. The number of hydrogen-bond acceptors (Lipinski definition) is 4. The van der Waals surface area contributed by atoms with Crippen LogP contribution in [-0.2, 0) is 9.59 Å². The Bertz CT molecular complexity index is 705. The molecule has 4 amide bonds. The Kier molecular flexibility index (Phi) is 5.03. The molecule has 25 heavy (non-hydrogen) atoms. The average molecular weight is 361 g/mol. The Hall–Kier alpha value is -2.02. The van der Waals surface area contributed by atoms with Crippen LogP contribution in [0.1, 0.15) is 44.7 Å². The van der Waals surface area contributed by atoms with Gasteiger partial charge in [0.15, 0.2) is 0 Å². The number of carbonyl (C=O) groups excluding carboxylic acids is 3. The number of imide groups is 1. The summed E-state index contributed by atoms with van der Waals surface area (Å²) < 4.78 is 0. The van der Waals surface area contributed by atoms with Crippen molar-refractivity contribution in [3.63, 3.8) is 0 Å². The maximum atomic E-state index is 12.3. The van der Waals surface area contributed by atoms with E-state index >= 15 is 0 Å². The van der Waals surface area contributed by atoms with Crippen LogP contribution in [0.15, 0.2) is 29.2 Å². The van der Waals surface area contributed by atoms with E-state index in [-0.39, 0.29) is 30.4 Å². The number of fused-ring (bicyclic) bond motifs is 1. The summed E-state index contributed by atoms with van der Waals surface area (Å²) in [6.07, 6.45) is 1.67. The van der Waals surface area contributed by atoms with Crippen molar-refractivity contribution < 1.29 is 14.4 Å². The van der Waals surface area contributed by atoms with Crippen molar-refractivity contribution in [3.8, 4) is 0 Å². The normalized spacial score (nSPS) is 21.7. The van der Waals surface area contributed by atoms with Gasteiger partial charge in [-0.1, -0.05) is 18.2 Å². The fourth-order valence-corrected chi connectivity index (χ4v) is 4.30. The number of hydrogen-bond donors (Lipinski definition) is 2. The van der Waals surface area contributed by atoms with Gasteiger partial charge in [-0.3, -0.25) is 14.5 Å². The molecular formula is C18H23N3O3S. The van der Waals surface area contributed by atoms with Crippen molar-refractivity contribution >= 4 is 29.6 Å². The van der Waals surface area contributed by atoms with E-state index in [2.05, 4.69) is 22.8 Å². The molecular weight excluding hydrogens is 338 g/mol. The van der Waals surface area contributed by atoms with Gasteiger partial charge in [0.2, 0.25) is 5.91 Å². The van der Waals surface area contributed by atoms with Crippen LogP contribution in [0.2, 0.25) is 0 Å². The standard InChI is InChI=1S/C18H23N3O3S/c1-18(2)16(23)21(17(24)20-18)10-5-8-15(22)19-13-9-11-25-14-7-4-3-6-12(13)14/h3-4,6-7,13H,5,8-11H2,1-2H3,(H,19,22)(H,20,24). The lowest BCUT2D eigenvalue weighted by Gasteiger charge is -2.26. The maximum Gasteiger partial charge on any atom is 0.325 e. The first-order valence-electron chi connectivity index (χ1n) is 8.54. The third kappa shape index (κ3) is 3.81. The minimum absolute atomic E-state index is 0.0422. The monoisotopic (exact) mass is 361 g/mol. The van der Waals surface area contributed by atoms with E-state index in [0.717, 1.165) is 12.2 Å². The van der Waals surface area contributed by atoms with E-state index in [1.807, 2.05) is 23.9 Å². The molecule has 1 aromatic rings. The molecule has 6 nitrogen and oxygen atoms in total. The molecule has 1 unspecified atom stereocenters. The van der Waals surface area contributed by atoms with E-state index in [4.69, 9.17) is 0 Å². The lowest BCUT2D eigenvalue weighted by Crippen LogP contribution is -2.40. The Morgan fingerprint density at radius 2 is 2.12 bits per heavy atom. The van der Waals surface area contributed by atoms with Gasteiger partial charge in [0.1, 0.15) is 5.54 Å². The minimum atomic E-state index is -0.858. The van der Waals surface area contributed by atoms with Gasteiger partial charge in [0.25, 0.3) is 5.91 Å². The molecule has 1 saturated heterocycles. The van der Waals surface area contributed by atoms with Crippen LogP contribution >= 0.6 is 11.8 Å². The highest BCUT2D eigenvalue weighted by atomic mass is 32.2. The number of amides is 4. The van der Waals surface area contributed by atoms with Gasteiger partial charge >= 0.3 is 6.03 Å². The van der Waals surface area contributed by atoms with E-state index in [1.165, 1.54) is 15.4 Å². The first-order valence-corrected chi connectivity index (χ1v) is 9.52. The van der Waals surface area contributed by atoms with Crippen molar-refractivity contribution in [2.75, 3.05) is 12.3 Å². The molecule has 3 rings (SSSR count). The Labute approximate surface area is 151 Å². The van der Waals surface area contributed by atoms with Crippen LogP contribution in [0, 0.1) is 0 Å². The Balaban J connectivity index is 1.50. The summed E-state index contributed by atoms with van der Waals surface area (Å²) >= 11 is 1.81. The average Bonchev–Trinajstić information content (AvgIpc) is 2.77. The second kappa shape index (κ2) is 7.07. The molecule has 0 saturated carbocycles. The summed E-state index contributed by atoms with van der Waals surface area (Å²) in [5.41, 5.74) is 0.311. The molecule has 0 radical (unpaired) electrons. The molecule has 134 valence electrons. The van der Waals surface area contributed by atoms with Gasteiger partial charge in [0, 0.05) is 23.6 Å². The number of carbonyl (C=O) groups is 3. The zero-order valence-electron chi connectivity index (χ0n) is 14.5. The van der Waals surface area contributed by atoms with Crippen LogP contribution < -0.4 is 10.6 Å². The zero-order valence-corrected chi connectivity index (χ0v) is 15.3. The summed E-state index contributed by atoms with van der Waals surface area (Å²) in [6, 6.07) is 7.80. The molecule has 0 aliphatic carbocycles. The van der Waals surface area contributed by atoms with Crippen molar-refractivity contribution in [1.82, 2.24) is 15.5 Å². The number of urea groups is 1. The molecule has 0 spiro atoms. The number of thioether (sulfide) groups is 1. The predicted molar refractivity (Wildman–Crippen MR) is 96.2 cm³/mol. The third-order valence-corrected chi connectivity index (χ3v) is 5.65. The molecule has 1 aromatic carbocycles. The largest absolute Gasteiger partial charge is 0.349 e. The van der Waals surface area contributed by atoms with Gasteiger partial charge in [-0.15, -0.1) is 11.8 Å². The van der Waals surface area contributed by atoms with Gasteiger partial charge in [-0.25, -0.2) is 4.79 Å². The number of rotatable bonds is 5. The van der Waals surface area contributed by atoms with E-state index in [0.29, 0.717) is 12.8 Å². The van der Waals surface area contributed by atoms with E-state index < -0.39 is 5.54 Å². The van der Waals surface area contributed by atoms with Crippen molar-refractivity contribution in [1.29, 1.82) is 0 Å². The fraction of sp³-hybridized carbons (Fsp3) is 0.500. The second-order valence-electron chi connectivity index (χ2n) is 6.91. The molecule has 2 N–H and O–H groups in total. The third-order valence-electron chi connectivity index (χ3n) is 4.52. The van der Waals surface area contributed by atoms with Crippen LogP contribution in [0.3, 0.4) is 0 Å². The summed E-state index contributed by atoms with van der Waals surface area (Å²) in [5.74, 6) is 0.702. The molecule has 1 atom stereocenters. The quantitative estimate of drug-likeness (QED) is 0.790. The topological polar surface area (TPSA) is 78.5 Å². The van der Waals surface area contributed by atoms with E-state index in [9.17, 15) is 14.4 Å². The van der Waals surface area contributed by atoms with Crippen molar-refractivity contribution in [2.24, 2.45) is 0 Å². The fourth-order valence-electron chi connectivity index (χ4n) is 3.18. The van der Waals surface area contributed by atoms with Gasteiger partial charge < -0.3 is 10.6 Å². The lowest BCUT2D eigenvalue weighted by molar-refractivity contribution is -0.130. The van der Waals surface area contributed by atoms with Gasteiger partial charge in [-0.05, 0) is 38.3 Å². The highest BCUT2D eigenvalue weighted by Gasteiger charge is 2.43. The summed E-state index contributed by atoms with van der Waals surface area (Å²) in [5, 5.41) is 5.73. The van der Waals surface area contributed by atoms with Crippen molar-refractivity contribution in [3.05, 3.63) is 29.8 Å². The highest BCUT2D eigenvalue weighted by Crippen LogP contribution is 2.35. The summed E-state index contributed by atoms with van der Waals surface area (Å²) in [6.45, 7) is 3.62. The molecule has 0 bridgehead atoms. The predicted octanol–water partition coefficient (Wildman–Crippen LogP) is 2.45. The first-order chi connectivity index (χ1) is 11.9. The first kappa shape index (κ1) is 17.8. The molecule has 7 heteroatoms. The van der Waals surface area contributed by atoms with Crippen LogP contribution in [0.5, 0.6) is 0 Å². The van der Waals surface area contributed by atoms with E-state index in [1.54, 1.807) is 13.8 Å². The van der Waals surface area contributed by atoms with Crippen molar-refractivity contribution in [2.45, 2.75) is 49.6 Å². The van der Waals surface area contributed by atoms with Gasteiger partial charge in [-0.2, -0.15) is 0 Å². The zero-order chi connectivity index (χ0) is 18.0. The van der Waals surface area contributed by atoms with Crippen LogP contribution in [-0.4, -0.2) is 40.6 Å². The molecule has 2 aliphatic heterocycles. The summed E-state index contributed by atoms with van der Waals surface area (Å²) in [7, 11) is 0. The Morgan fingerprint density at radius 1 is 1.36 bits per heavy atom. The molecule has 2 heterocycles. The lowest BCUT2D eigenvalue weighted by atomic mass is 10.0. The highest BCUT2D eigenvalue weighted by molar-refractivity contribution is 7.99. The van der Waals surface area contributed by atoms with Crippen LogP contribution in [0.4, 0.5) is 4.79 Å². The smallest absolute Gasteiger partial charge is 0.325 e. The second-order valence-corrected chi connectivity index (χ2v) is 8.05. The van der Waals surface area contributed by atoms with Crippen LogP contribution in [0.25, 0.3) is 0 Å². The number of benzene rings is 1. The summed E-state index contributed by atoms with van der Waals surface area (Å²) in [4.78, 5) is 38.6. The molecule has 1 fully saturated rings. The molecule has 0 aromatic heterocycles. The Morgan fingerprint density at radius 3 is 2.84 bits per heavy atom. The number of nitrogens with zero attached hydrogens (tertiary/aromatic N) is 1. The molecule has 2 aliphatic rings. The number of nitrogens with one attached hydrogen (secondary N) is 2. The minimum Gasteiger partial charge on any atom is -0.349 e.